The first-order valence-corrected chi connectivity index (χ1v) is 9.60. The van der Waals surface area contributed by atoms with E-state index in [4.69, 9.17) is 0 Å². The molecule has 0 saturated heterocycles. The summed E-state index contributed by atoms with van der Waals surface area (Å²) in [7, 11) is 0. The molecule has 6 unspecified atom stereocenters. The lowest BCUT2D eigenvalue weighted by Gasteiger charge is -2.58. The van der Waals surface area contributed by atoms with E-state index in [-0.39, 0.29) is 10.8 Å². The van der Waals surface area contributed by atoms with Crippen molar-refractivity contribution in [1.29, 1.82) is 0 Å². The third-order valence-electron chi connectivity index (χ3n) is 8.45. The molecule has 0 aliphatic heterocycles. The zero-order chi connectivity index (χ0) is 16.4. The number of ketones is 2. The molecule has 0 aromatic heterocycles. The maximum Gasteiger partial charge on any atom is 0.155 e. The van der Waals surface area contributed by atoms with Crippen molar-refractivity contribution in [3.8, 4) is 0 Å². The van der Waals surface area contributed by atoms with E-state index in [9.17, 15) is 9.59 Å². The number of carbonyl (C=O) groups is 2. The SMILES string of the molecule is CC12CCC(=O)C=C1CCC1C2CCC2(C)C(C([11CH3])=O)CCC12. The van der Waals surface area contributed by atoms with Gasteiger partial charge in [-0.2, -0.15) is 0 Å². The number of fused-ring (bicyclic) bond motifs is 5. The van der Waals surface area contributed by atoms with Gasteiger partial charge in [-0.05, 0) is 86.5 Å². The minimum absolute atomic E-state index is 0.245. The Kier molecular flexibility index (Phi) is 3.42. The zero-order valence-corrected chi connectivity index (χ0v) is 14.9. The monoisotopic (exact) mass is 313 g/mol. The average molecular weight is 313 g/mol. The average Bonchev–Trinajstić information content (AvgIpc) is 2.85. The Morgan fingerprint density at radius 1 is 1.04 bits per heavy atom. The molecule has 0 radical (unpaired) electrons. The van der Waals surface area contributed by atoms with Gasteiger partial charge in [0.25, 0.3) is 0 Å². The molecule has 0 N–H and O–H groups in total. The number of carbonyl (C=O) groups excluding carboxylic acids is 2. The highest BCUT2D eigenvalue weighted by atomic mass is 16.1. The quantitative estimate of drug-likeness (QED) is 0.701. The van der Waals surface area contributed by atoms with E-state index in [0.717, 1.165) is 43.4 Å². The topological polar surface area (TPSA) is 34.1 Å². The van der Waals surface area contributed by atoms with E-state index in [1.54, 1.807) is 6.92 Å². The summed E-state index contributed by atoms with van der Waals surface area (Å²) >= 11 is 0. The van der Waals surface area contributed by atoms with Crippen molar-refractivity contribution in [2.24, 2.45) is 34.5 Å². The van der Waals surface area contributed by atoms with Crippen LogP contribution in [0.25, 0.3) is 0 Å². The third-order valence-corrected chi connectivity index (χ3v) is 8.45. The number of rotatable bonds is 1. The maximum absolute atomic E-state index is 12.1. The number of hydrogen-bond acceptors (Lipinski definition) is 2. The van der Waals surface area contributed by atoms with Gasteiger partial charge < -0.3 is 0 Å². The van der Waals surface area contributed by atoms with E-state index < -0.39 is 0 Å². The van der Waals surface area contributed by atoms with Crippen LogP contribution in [0, 0.1) is 34.5 Å². The standard InChI is InChI=1S/C21H30O2/c1-13(22)17-6-7-18-16-5-4-14-12-15(23)8-10-20(14,2)19(16)9-11-21(17,18)3/h12,16-19H,4-11H2,1-3H3/i1-1. The van der Waals surface area contributed by atoms with E-state index in [1.165, 1.54) is 31.3 Å². The predicted molar refractivity (Wildman–Crippen MR) is 90.9 cm³/mol. The molecule has 0 aromatic rings. The van der Waals surface area contributed by atoms with Gasteiger partial charge in [0.2, 0.25) is 0 Å². The number of Topliss-reactive ketones (excluding diaryl/α,β-unsaturated/α-hetero) is 1. The molecule has 6 atom stereocenters. The van der Waals surface area contributed by atoms with Gasteiger partial charge in [0, 0.05) is 12.3 Å². The van der Waals surface area contributed by atoms with Crippen LogP contribution in [0.15, 0.2) is 11.6 Å². The largest absolute Gasteiger partial charge is 0.300 e. The summed E-state index contributed by atoms with van der Waals surface area (Å²) in [6.45, 7) is 6.65. The fourth-order valence-corrected chi connectivity index (χ4v) is 7.23. The predicted octanol–water partition coefficient (Wildman–Crippen LogP) is 4.72. The molecular formula is C21H30O2. The summed E-state index contributed by atoms with van der Waals surface area (Å²) in [6.07, 6.45) is 10.9. The van der Waals surface area contributed by atoms with Crippen molar-refractivity contribution in [2.45, 2.75) is 72.1 Å². The Morgan fingerprint density at radius 2 is 1.83 bits per heavy atom. The van der Waals surface area contributed by atoms with Crippen LogP contribution in [0.5, 0.6) is 0 Å². The highest BCUT2D eigenvalue weighted by molar-refractivity contribution is 5.91. The van der Waals surface area contributed by atoms with Gasteiger partial charge in [-0.3, -0.25) is 9.59 Å². The number of hydrogen-bond donors (Lipinski definition) is 0. The summed E-state index contributed by atoms with van der Waals surface area (Å²) in [4.78, 5) is 24.0. The normalized spacial score (nSPS) is 49.0. The molecular weight excluding hydrogens is 283 g/mol. The van der Waals surface area contributed by atoms with Gasteiger partial charge in [0.15, 0.2) is 5.78 Å². The van der Waals surface area contributed by atoms with Gasteiger partial charge >= 0.3 is 0 Å². The second-order valence-corrected chi connectivity index (χ2v) is 9.25. The molecule has 4 aliphatic carbocycles. The van der Waals surface area contributed by atoms with Gasteiger partial charge in [-0.25, -0.2) is 0 Å². The van der Waals surface area contributed by atoms with Gasteiger partial charge in [0.05, 0.1) is 0 Å². The summed E-state index contributed by atoms with van der Waals surface area (Å²) in [5.74, 6) is 3.29. The van der Waals surface area contributed by atoms with Crippen molar-refractivity contribution in [3.05, 3.63) is 11.6 Å². The molecule has 126 valence electrons. The maximum atomic E-state index is 12.1. The highest BCUT2D eigenvalue weighted by Crippen LogP contribution is 2.66. The minimum atomic E-state index is 0.245. The second kappa shape index (κ2) is 5.04. The molecule has 0 amide bonds. The molecule has 23 heavy (non-hydrogen) atoms. The van der Waals surface area contributed by atoms with Crippen LogP contribution in [0.2, 0.25) is 0 Å². The fraction of sp³-hybridized carbons (Fsp3) is 0.810. The van der Waals surface area contributed by atoms with E-state index in [1.807, 2.05) is 6.08 Å². The van der Waals surface area contributed by atoms with Crippen LogP contribution in [0.4, 0.5) is 0 Å². The smallest absolute Gasteiger partial charge is 0.155 e. The van der Waals surface area contributed by atoms with Gasteiger partial charge in [-0.1, -0.05) is 19.4 Å². The lowest BCUT2D eigenvalue weighted by atomic mass is 9.46. The molecule has 3 fully saturated rings. The molecule has 0 bridgehead atoms. The molecule has 4 rings (SSSR count). The minimum Gasteiger partial charge on any atom is -0.300 e. The Hall–Kier alpha value is -0.920. The van der Waals surface area contributed by atoms with Gasteiger partial charge in [-0.15, -0.1) is 0 Å². The van der Waals surface area contributed by atoms with Gasteiger partial charge in [0.1, 0.15) is 5.78 Å². The Balaban J connectivity index is 1.67. The summed E-state index contributed by atoms with van der Waals surface area (Å²) in [6, 6.07) is 0. The molecule has 0 spiro atoms. The van der Waals surface area contributed by atoms with E-state index in [0.29, 0.717) is 17.5 Å². The lowest BCUT2D eigenvalue weighted by Crippen LogP contribution is -2.51. The Morgan fingerprint density at radius 3 is 2.57 bits per heavy atom. The molecule has 2 heteroatoms. The van der Waals surface area contributed by atoms with Crippen molar-refractivity contribution in [2.75, 3.05) is 0 Å². The summed E-state index contributed by atoms with van der Waals surface area (Å²) < 4.78 is 0. The third kappa shape index (κ3) is 2.06. The highest BCUT2D eigenvalue weighted by Gasteiger charge is 2.59. The first kappa shape index (κ1) is 15.6. The van der Waals surface area contributed by atoms with Crippen LogP contribution in [0.1, 0.15) is 72.1 Å². The second-order valence-electron chi connectivity index (χ2n) is 9.25. The Labute approximate surface area is 140 Å². The lowest BCUT2D eigenvalue weighted by molar-refractivity contribution is -0.128. The fourth-order valence-electron chi connectivity index (χ4n) is 7.23. The number of allylic oxidation sites excluding steroid dienone is 1. The summed E-state index contributed by atoms with van der Waals surface area (Å²) in [5, 5.41) is 0. The van der Waals surface area contributed by atoms with Crippen molar-refractivity contribution < 1.29 is 9.59 Å². The van der Waals surface area contributed by atoms with Crippen LogP contribution in [-0.2, 0) is 9.59 Å². The molecule has 0 heterocycles. The van der Waals surface area contributed by atoms with Crippen LogP contribution in [-0.4, -0.2) is 11.6 Å². The summed E-state index contributed by atoms with van der Waals surface area (Å²) in [5.41, 5.74) is 1.95. The van der Waals surface area contributed by atoms with Crippen molar-refractivity contribution >= 4 is 11.6 Å². The van der Waals surface area contributed by atoms with Crippen LogP contribution >= 0.6 is 0 Å². The first-order valence-electron chi connectivity index (χ1n) is 9.60. The molecule has 0 aromatic carbocycles. The van der Waals surface area contributed by atoms with Crippen LogP contribution < -0.4 is 0 Å². The molecule has 4 aliphatic rings. The molecule has 2 nitrogen and oxygen atoms in total. The molecule has 3 saturated carbocycles. The van der Waals surface area contributed by atoms with E-state index >= 15 is 0 Å². The van der Waals surface area contributed by atoms with Crippen LogP contribution in [0.3, 0.4) is 0 Å². The van der Waals surface area contributed by atoms with Crippen molar-refractivity contribution in [1.82, 2.24) is 0 Å². The Bertz CT molecular complexity index is 589. The van der Waals surface area contributed by atoms with Crippen molar-refractivity contribution in [3.63, 3.8) is 0 Å². The van der Waals surface area contributed by atoms with E-state index in [2.05, 4.69) is 13.8 Å². The first-order chi connectivity index (χ1) is 10.9. The zero-order valence-electron chi connectivity index (χ0n) is 14.9.